The summed E-state index contributed by atoms with van der Waals surface area (Å²) >= 11 is 12.0. The predicted molar refractivity (Wildman–Crippen MR) is 103 cm³/mol. The Morgan fingerprint density at radius 1 is 0.840 bits per heavy atom. The summed E-state index contributed by atoms with van der Waals surface area (Å²) in [6.07, 6.45) is 0. The van der Waals surface area contributed by atoms with Crippen molar-refractivity contribution in [2.45, 2.75) is 6.92 Å². The number of ether oxygens (including phenoxy) is 1. The Morgan fingerprint density at radius 2 is 1.56 bits per heavy atom. The summed E-state index contributed by atoms with van der Waals surface area (Å²) in [7, 11) is 1.63. The molecule has 0 saturated carbocycles. The number of aryl methyl sites for hydroxylation is 1. The average Bonchev–Trinajstić information content (AvgIpc) is 2.58. The zero-order valence-electron chi connectivity index (χ0n) is 13.7. The summed E-state index contributed by atoms with van der Waals surface area (Å²) in [5.41, 5.74) is 2.49. The van der Waals surface area contributed by atoms with Crippen molar-refractivity contribution in [3.8, 4) is 5.75 Å². The van der Waals surface area contributed by atoms with E-state index in [1.54, 1.807) is 19.2 Å². The molecule has 0 saturated heterocycles. The third-order valence-corrected chi connectivity index (χ3v) is 4.13. The van der Waals surface area contributed by atoms with Crippen molar-refractivity contribution in [3.05, 3.63) is 64.3 Å². The molecule has 0 amide bonds. The van der Waals surface area contributed by atoms with E-state index in [4.69, 9.17) is 27.9 Å². The monoisotopic (exact) mass is 374 g/mol. The summed E-state index contributed by atoms with van der Waals surface area (Å²) in [5, 5.41) is 7.37. The number of rotatable bonds is 5. The molecule has 2 N–H and O–H groups in total. The van der Waals surface area contributed by atoms with Gasteiger partial charge in [0.2, 0.25) is 5.95 Å². The molecule has 1 aromatic heterocycles. The molecule has 5 nitrogen and oxygen atoms in total. The van der Waals surface area contributed by atoms with Gasteiger partial charge in [0, 0.05) is 23.1 Å². The largest absolute Gasteiger partial charge is 0.497 e. The van der Waals surface area contributed by atoms with Crippen LogP contribution in [0.3, 0.4) is 0 Å². The van der Waals surface area contributed by atoms with Crippen LogP contribution in [0.1, 0.15) is 5.69 Å². The second-order valence-corrected chi connectivity index (χ2v) is 6.14. The summed E-state index contributed by atoms with van der Waals surface area (Å²) in [4.78, 5) is 8.88. The zero-order chi connectivity index (χ0) is 17.8. The number of nitrogens with one attached hydrogen (secondary N) is 2. The Labute approximate surface area is 156 Å². The van der Waals surface area contributed by atoms with Crippen molar-refractivity contribution in [2.75, 3.05) is 17.7 Å². The van der Waals surface area contributed by atoms with Gasteiger partial charge >= 0.3 is 0 Å². The molecular weight excluding hydrogens is 359 g/mol. The first-order valence-electron chi connectivity index (χ1n) is 7.52. The maximum Gasteiger partial charge on any atom is 0.229 e. The Morgan fingerprint density at radius 3 is 2.24 bits per heavy atom. The van der Waals surface area contributed by atoms with E-state index in [0.717, 1.165) is 22.8 Å². The van der Waals surface area contributed by atoms with Gasteiger partial charge in [0.05, 0.1) is 17.2 Å². The van der Waals surface area contributed by atoms with Gasteiger partial charge in [-0.25, -0.2) is 4.98 Å². The van der Waals surface area contributed by atoms with Crippen LogP contribution in [-0.2, 0) is 0 Å². The summed E-state index contributed by atoms with van der Waals surface area (Å²) in [6, 6.07) is 14.7. The van der Waals surface area contributed by atoms with Gasteiger partial charge in [-0.15, -0.1) is 0 Å². The average molecular weight is 375 g/mol. The highest BCUT2D eigenvalue weighted by Crippen LogP contribution is 2.27. The highest BCUT2D eigenvalue weighted by Gasteiger charge is 2.05. The Balaban J connectivity index is 1.80. The molecule has 25 heavy (non-hydrogen) atoms. The van der Waals surface area contributed by atoms with E-state index in [2.05, 4.69) is 20.6 Å². The van der Waals surface area contributed by atoms with Crippen molar-refractivity contribution in [1.82, 2.24) is 9.97 Å². The fraction of sp³-hybridized carbons (Fsp3) is 0.111. The Bertz CT molecular complexity index is 885. The molecule has 0 fully saturated rings. The summed E-state index contributed by atoms with van der Waals surface area (Å²) in [5.74, 6) is 1.94. The lowest BCUT2D eigenvalue weighted by atomic mass is 10.3. The van der Waals surface area contributed by atoms with Crippen LogP contribution in [0.2, 0.25) is 10.0 Å². The van der Waals surface area contributed by atoms with Gasteiger partial charge in [-0.2, -0.15) is 4.98 Å². The minimum Gasteiger partial charge on any atom is -0.497 e. The van der Waals surface area contributed by atoms with Crippen molar-refractivity contribution in [3.63, 3.8) is 0 Å². The minimum atomic E-state index is 0.481. The standard InChI is InChI=1S/C18H16Cl2N4O/c1-11-9-17(22-13-5-8-15(19)16(20)10-13)24-18(21-11)23-12-3-6-14(25-2)7-4-12/h3-10H,1-2H3,(H2,21,22,23,24). The van der Waals surface area contributed by atoms with E-state index >= 15 is 0 Å². The van der Waals surface area contributed by atoms with E-state index in [1.165, 1.54) is 0 Å². The first kappa shape index (κ1) is 17.3. The lowest BCUT2D eigenvalue weighted by Crippen LogP contribution is -2.02. The maximum absolute atomic E-state index is 6.05. The van der Waals surface area contributed by atoms with Gasteiger partial charge in [0.15, 0.2) is 0 Å². The number of methoxy groups -OCH3 is 1. The number of halogens is 2. The molecule has 2 aromatic carbocycles. The SMILES string of the molecule is COc1ccc(Nc2nc(C)cc(Nc3ccc(Cl)c(Cl)c3)n2)cc1. The fourth-order valence-electron chi connectivity index (χ4n) is 2.21. The van der Waals surface area contributed by atoms with Crippen LogP contribution in [0, 0.1) is 6.92 Å². The molecule has 0 unspecified atom stereocenters. The van der Waals surface area contributed by atoms with Crippen molar-refractivity contribution < 1.29 is 4.74 Å². The van der Waals surface area contributed by atoms with E-state index in [0.29, 0.717) is 21.8 Å². The molecule has 0 aliphatic rings. The predicted octanol–water partition coefficient (Wildman–Crippen LogP) is 5.59. The van der Waals surface area contributed by atoms with Gasteiger partial charge in [-0.05, 0) is 49.4 Å². The highest BCUT2D eigenvalue weighted by atomic mass is 35.5. The quantitative estimate of drug-likeness (QED) is 0.609. The van der Waals surface area contributed by atoms with Crippen LogP contribution in [0.5, 0.6) is 5.75 Å². The third-order valence-electron chi connectivity index (χ3n) is 3.39. The normalized spacial score (nSPS) is 10.4. The van der Waals surface area contributed by atoms with Crippen molar-refractivity contribution in [2.24, 2.45) is 0 Å². The van der Waals surface area contributed by atoms with E-state index in [1.807, 2.05) is 43.3 Å². The number of aromatic nitrogens is 2. The summed E-state index contributed by atoms with van der Waals surface area (Å²) < 4.78 is 5.15. The molecule has 0 bridgehead atoms. The molecule has 0 atom stereocenters. The first-order chi connectivity index (χ1) is 12.0. The maximum atomic E-state index is 6.05. The topological polar surface area (TPSA) is 59.1 Å². The molecule has 128 valence electrons. The lowest BCUT2D eigenvalue weighted by molar-refractivity contribution is 0.415. The summed E-state index contributed by atoms with van der Waals surface area (Å²) in [6.45, 7) is 1.90. The van der Waals surface area contributed by atoms with Crippen LogP contribution in [0.25, 0.3) is 0 Å². The number of anilines is 4. The number of hydrogen-bond acceptors (Lipinski definition) is 5. The van der Waals surface area contributed by atoms with E-state index in [9.17, 15) is 0 Å². The second-order valence-electron chi connectivity index (χ2n) is 5.33. The number of nitrogens with zero attached hydrogens (tertiary/aromatic N) is 2. The molecule has 0 radical (unpaired) electrons. The third kappa shape index (κ3) is 4.53. The lowest BCUT2D eigenvalue weighted by Gasteiger charge is -2.11. The van der Waals surface area contributed by atoms with Gasteiger partial charge in [-0.3, -0.25) is 0 Å². The first-order valence-corrected chi connectivity index (χ1v) is 8.28. The molecule has 1 heterocycles. The number of benzene rings is 2. The van der Waals surface area contributed by atoms with Crippen LogP contribution in [0.15, 0.2) is 48.5 Å². The Hall–Kier alpha value is -2.50. The fourth-order valence-corrected chi connectivity index (χ4v) is 2.51. The molecule has 3 rings (SSSR count). The molecule has 0 aliphatic carbocycles. The van der Waals surface area contributed by atoms with Crippen LogP contribution >= 0.6 is 23.2 Å². The van der Waals surface area contributed by atoms with Crippen molar-refractivity contribution in [1.29, 1.82) is 0 Å². The zero-order valence-corrected chi connectivity index (χ0v) is 15.2. The van der Waals surface area contributed by atoms with Gasteiger partial charge < -0.3 is 15.4 Å². The Kier molecular flexibility index (Phi) is 5.26. The van der Waals surface area contributed by atoms with Crippen LogP contribution < -0.4 is 15.4 Å². The molecule has 0 spiro atoms. The number of hydrogen-bond donors (Lipinski definition) is 2. The van der Waals surface area contributed by atoms with E-state index in [-0.39, 0.29) is 0 Å². The molecule has 3 aromatic rings. The van der Waals surface area contributed by atoms with Gasteiger partial charge in [0.25, 0.3) is 0 Å². The second kappa shape index (κ2) is 7.59. The molecule has 0 aliphatic heterocycles. The highest BCUT2D eigenvalue weighted by molar-refractivity contribution is 6.42. The molecule has 7 heteroatoms. The van der Waals surface area contributed by atoms with Crippen LogP contribution in [0.4, 0.5) is 23.1 Å². The van der Waals surface area contributed by atoms with Gasteiger partial charge in [0.1, 0.15) is 11.6 Å². The van der Waals surface area contributed by atoms with Crippen LogP contribution in [-0.4, -0.2) is 17.1 Å². The van der Waals surface area contributed by atoms with E-state index < -0.39 is 0 Å². The smallest absolute Gasteiger partial charge is 0.229 e. The molecular formula is C18H16Cl2N4O. The minimum absolute atomic E-state index is 0.481. The van der Waals surface area contributed by atoms with Crippen molar-refractivity contribution >= 4 is 46.3 Å². The van der Waals surface area contributed by atoms with Gasteiger partial charge in [-0.1, -0.05) is 23.2 Å².